The summed E-state index contributed by atoms with van der Waals surface area (Å²) in [6.45, 7) is 0.256. The molecule has 0 unspecified atom stereocenters. The predicted octanol–water partition coefficient (Wildman–Crippen LogP) is 2.46. The van der Waals surface area contributed by atoms with Gasteiger partial charge in [-0.05, 0) is 62.3 Å². The average molecular weight is 430 g/mol. The van der Waals surface area contributed by atoms with Crippen molar-refractivity contribution in [2.24, 2.45) is 28.9 Å². The van der Waals surface area contributed by atoms with Gasteiger partial charge in [0.1, 0.15) is 0 Å². The van der Waals surface area contributed by atoms with Crippen LogP contribution in [0.4, 0.5) is 5.69 Å². The van der Waals surface area contributed by atoms with E-state index in [1.54, 1.807) is 0 Å². The van der Waals surface area contributed by atoms with E-state index in [0.717, 1.165) is 19.3 Å². The van der Waals surface area contributed by atoms with Gasteiger partial charge in [0.15, 0.2) is 11.5 Å². The van der Waals surface area contributed by atoms with Gasteiger partial charge in [0.2, 0.25) is 11.8 Å². The first-order valence-corrected chi connectivity index (χ1v) is 11.0. The number of rotatable bonds is 8. The maximum atomic E-state index is 13.0. The van der Waals surface area contributed by atoms with Gasteiger partial charge in [-0.2, -0.15) is 0 Å². The summed E-state index contributed by atoms with van der Waals surface area (Å²) < 4.78 is 10.4. The van der Waals surface area contributed by atoms with Crippen molar-refractivity contribution in [2.75, 3.05) is 26.1 Å². The average Bonchev–Trinajstić information content (AvgIpc) is 2.72. The SMILES string of the molecule is COc1cc(NC(=O)CCNC(=O)C23CC4CC(CC(C4)C2)C3)c(C(N)=O)cc1OC. The van der Waals surface area contributed by atoms with E-state index in [2.05, 4.69) is 10.6 Å². The molecule has 3 amide bonds. The molecule has 5 rings (SSSR count). The second kappa shape index (κ2) is 8.40. The van der Waals surface area contributed by atoms with Gasteiger partial charge in [0.25, 0.3) is 5.91 Å². The van der Waals surface area contributed by atoms with Crippen LogP contribution in [0.2, 0.25) is 0 Å². The Kier molecular flexibility index (Phi) is 5.81. The first kappa shape index (κ1) is 21.5. The predicted molar refractivity (Wildman–Crippen MR) is 115 cm³/mol. The lowest BCUT2D eigenvalue weighted by molar-refractivity contribution is -0.146. The third-order valence-corrected chi connectivity index (χ3v) is 7.22. The van der Waals surface area contributed by atoms with Crippen LogP contribution in [-0.4, -0.2) is 38.5 Å². The standard InChI is InChI=1S/C23H31N3O5/c1-30-18-8-16(21(24)28)17(9-19(18)31-2)26-20(27)3-4-25-22(29)23-10-13-5-14(11-23)7-15(6-13)12-23/h8-9,13-15H,3-7,10-12H2,1-2H3,(H2,24,28)(H,25,29)(H,26,27). The second-order valence-electron chi connectivity index (χ2n) is 9.37. The van der Waals surface area contributed by atoms with Gasteiger partial charge in [-0.1, -0.05) is 0 Å². The summed E-state index contributed by atoms with van der Waals surface area (Å²) in [5.74, 6) is 1.89. The van der Waals surface area contributed by atoms with Crippen LogP contribution in [0.1, 0.15) is 55.3 Å². The number of anilines is 1. The fourth-order valence-electron chi connectivity index (χ4n) is 6.26. The van der Waals surface area contributed by atoms with E-state index in [-0.39, 0.29) is 41.4 Å². The number of carbonyl (C=O) groups excluding carboxylic acids is 3. The first-order valence-electron chi connectivity index (χ1n) is 11.0. The highest BCUT2D eigenvalue weighted by molar-refractivity contribution is 6.04. The van der Waals surface area contributed by atoms with E-state index in [4.69, 9.17) is 15.2 Å². The number of amides is 3. The van der Waals surface area contributed by atoms with Crippen LogP contribution in [0.25, 0.3) is 0 Å². The molecule has 4 saturated carbocycles. The summed E-state index contributed by atoms with van der Waals surface area (Å²) in [5.41, 5.74) is 5.60. The Morgan fingerprint density at radius 2 is 1.55 bits per heavy atom. The molecule has 0 saturated heterocycles. The third-order valence-electron chi connectivity index (χ3n) is 7.22. The minimum atomic E-state index is -0.689. The Hall–Kier alpha value is -2.77. The Morgan fingerprint density at radius 1 is 1.00 bits per heavy atom. The smallest absolute Gasteiger partial charge is 0.250 e. The van der Waals surface area contributed by atoms with Crippen LogP contribution in [-0.2, 0) is 9.59 Å². The number of nitrogens with one attached hydrogen (secondary N) is 2. The van der Waals surface area contributed by atoms with Gasteiger partial charge >= 0.3 is 0 Å². The molecule has 0 heterocycles. The number of hydrogen-bond donors (Lipinski definition) is 3. The van der Waals surface area contributed by atoms with Crippen LogP contribution in [0.5, 0.6) is 11.5 Å². The normalized spacial score (nSPS) is 28.1. The Morgan fingerprint density at radius 3 is 2.06 bits per heavy atom. The van der Waals surface area contributed by atoms with E-state index in [1.807, 2.05) is 0 Å². The number of benzene rings is 1. The first-order chi connectivity index (χ1) is 14.8. The topological polar surface area (TPSA) is 120 Å². The monoisotopic (exact) mass is 429 g/mol. The second-order valence-corrected chi connectivity index (χ2v) is 9.37. The molecule has 0 spiro atoms. The Labute approximate surface area is 182 Å². The van der Waals surface area contributed by atoms with Crippen molar-refractivity contribution in [2.45, 2.75) is 44.9 Å². The van der Waals surface area contributed by atoms with Crippen molar-refractivity contribution in [3.63, 3.8) is 0 Å². The molecule has 0 aliphatic heterocycles. The molecular formula is C23H31N3O5. The summed E-state index contributed by atoms with van der Waals surface area (Å²) in [7, 11) is 2.92. The molecule has 0 radical (unpaired) electrons. The van der Waals surface area contributed by atoms with Gasteiger partial charge in [-0.3, -0.25) is 14.4 Å². The fourth-order valence-corrected chi connectivity index (χ4v) is 6.26. The van der Waals surface area contributed by atoms with Crippen molar-refractivity contribution in [1.82, 2.24) is 5.32 Å². The zero-order valence-electron chi connectivity index (χ0n) is 18.2. The molecule has 1 aromatic rings. The minimum absolute atomic E-state index is 0.100. The largest absolute Gasteiger partial charge is 0.493 e. The molecule has 4 N–H and O–H groups in total. The zero-order valence-corrected chi connectivity index (χ0v) is 18.2. The number of primary amides is 1. The molecule has 4 aliphatic rings. The molecule has 31 heavy (non-hydrogen) atoms. The van der Waals surface area contributed by atoms with Crippen molar-refractivity contribution < 1.29 is 23.9 Å². The summed E-state index contributed by atoms with van der Waals surface area (Å²) in [4.78, 5) is 37.3. The van der Waals surface area contributed by atoms with Crippen molar-refractivity contribution in [3.05, 3.63) is 17.7 Å². The van der Waals surface area contributed by atoms with Crippen molar-refractivity contribution >= 4 is 23.4 Å². The van der Waals surface area contributed by atoms with E-state index in [1.165, 1.54) is 45.6 Å². The zero-order chi connectivity index (χ0) is 22.2. The maximum absolute atomic E-state index is 13.0. The summed E-state index contributed by atoms with van der Waals surface area (Å²) in [5, 5.41) is 5.70. The van der Waals surface area contributed by atoms with Crippen LogP contribution in [0.15, 0.2) is 12.1 Å². The molecule has 1 aromatic carbocycles. The van der Waals surface area contributed by atoms with Gasteiger partial charge in [-0.15, -0.1) is 0 Å². The van der Waals surface area contributed by atoms with Crippen LogP contribution < -0.4 is 25.8 Å². The van der Waals surface area contributed by atoms with Gasteiger partial charge < -0.3 is 25.8 Å². The molecule has 0 atom stereocenters. The number of carbonyl (C=O) groups is 3. The summed E-state index contributed by atoms with van der Waals surface area (Å²) in [6, 6.07) is 2.94. The third kappa shape index (κ3) is 4.20. The Balaban J connectivity index is 1.35. The lowest BCUT2D eigenvalue weighted by Gasteiger charge is -2.55. The van der Waals surface area contributed by atoms with Crippen LogP contribution in [0, 0.1) is 23.2 Å². The highest BCUT2D eigenvalue weighted by atomic mass is 16.5. The summed E-state index contributed by atoms with van der Waals surface area (Å²) in [6.07, 6.45) is 6.91. The quantitative estimate of drug-likeness (QED) is 0.586. The lowest BCUT2D eigenvalue weighted by atomic mass is 9.49. The maximum Gasteiger partial charge on any atom is 0.250 e. The molecule has 8 nitrogen and oxygen atoms in total. The summed E-state index contributed by atoms with van der Waals surface area (Å²) >= 11 is 0. The number of methoxy groups -OCH3 is 2. The highest BCUT2D eigenvalue weighted by Gasteiger charge is 2.54. The van der Waals surface area contributed by atoms with Gasteiger partial charge in [-0.25, -0.2) is 0 Å². The number of hydrogen-bond acceptors (Lipinski definition) is 5. The van der Waals surface area contributed by atoms with E-state index >= 15 is 0 Å². The van der Waals surface area contributed by atoms with Crippen LogP contribution >= 0.6 is 0 Å². The van der Waals surface area contributed by atoms with Crippen molar-refractivity contribution in [1.29, 1.82) is 0 Å². The molecule has 4 bridgehead atoms. The molecule has 168 valence electrons. The highest BCUT2D eigenvalue weighted by Crippen LogP contribution is 2.60. The molecule has 4 fully saturated rings. The Bertz CT molecular complexity index is 862. The lowest BCUT2D eigenvalue weighted by Crippen LogP contribution is -2.53. The number of nitrogens with two attached hydrogens (primary N) is 1. The molecule has 0 aromatic heterocycles. The minimum Gasteiger partial charge on any atom is -0.493 e. The molecule has 8 heteroatoms. The number of ether oxygens (including phenoxy) is 2. The fraction of sp³-hybridized carbons (Fsp3) is 0.609. The van der Waals surface area contributed by atoms with Crippen LogP contribution in [0.3, 0.4) is 0 Å². The van der Waals surface area contributed by atoms with Crippen molar-refractivity contribution in [3.8, 4) is 11.5 Å². The van der Waals surface area contributed by atoms with E-state index in [0.29, 0.717) is 29.3 Å². The van der Waals surface area contributed by atoms with Gasteiger partial charge in [0, 0.05) is 24.4 Å². The van der Waals surface area contributed by atoms with Gasteiger partial charge in [0.05, 0.1) is 25.5 Å². The molecule has 4 aliphatic carbocycles. The van der Waals surface area contributed by atoms with E-state index in [9.17, 15) is 14.4 Å². The van der Waals surface area contributed by atoms with E-state index < -0.39 is 5.91 Å². The molecular weight excluding hydrogens is 398 g/mol.